The molecule has 24 heavy (non-hydrogen) atoms. The molecule has 2 amide bonds. The number of hydrogen-bond donors (Lipinski definition) is 2. The Hall–Kier alpha value is -2.90. The number of benzene rings is 1. The van der Waals surface area contributed by atoms with E-state index in [-0.39, 0.29) is 5.69 Å². The maximum Gasteiger partial charge on any atom is 0.412 e. The van der Waals surface area contributed by atoms with E-state index in [1.807, 2.05) is 0 Å². The molecular weight excluding hydrogens is 315 g/mol. The fourth-order valence-electron chi connectivity index (χ4n) is 1.85. The quantitative estimate of drug-likeness (QED) is 0.903. The second-order valence-electron chi connectivity index (χ2n) is 6.18. The van der Waals surface area contributed by atoms with Gasteiger partial charge in [0.15, 0.2) is 0 Å². The zero-order valence-corrected chi connectivity index (χ0v) is 13.9. The van der Waals surface area contributed by atoms with Crippen molar-refractivity contribution in [3.8, 4) is 0 Å². The highest BCUT2D eigenvalue weighted by atomic mass is 19.1. The Bertz CT molecular complexity index is 765. The van der Waals surface area contributed by atoms with Gasteiger partial charge in [-0.25, -0.2) is 9.18 Å². The second kappa shape index (κ2) is 6.69. The molecule has 1 aromatic carbocycles. The van der Waals surface area contributed by atoms with E-state index in [0.29, 0.717) is 11.3 Å². The minimum atomic E-state index is -0.780. The van der Waals surface area contributed by atoms with Crippen LogP contribution in [0.1, 0.15) is 31.1 Å². The van der Waals surface area contributed by atoms with E-state index in [1.54, 1.807) is 34.0 Å². The Morgan fingerprint density at radius 1 is 1.25 bits per heavy atom. The zero-order valence-electron chi connectivity index (χ0n) is 13.9. The van der Waals surface area contributed by atoms with E-state index < -0.39 is 23.4 Å². The Morgan fingerprint density at radius 2 is 1.96 bits per heavy atom. The first-order valence-corrected chi connectivity index (χ1v) is 7.23. The van der Waals surface area contributed by atoms with Gasteiger partial charge in [0.1, 0.15) is 11.4 Å². The lowest BCUT2D eigenvalue weighted by molar-refractivity contribution is 0.0635. The van der Waals surface area contributed by atoms with Crippen molar-refractivity contribution < 1.29 is 18.7 Å². The van der Waals surface area contributed by atoms with Gasteiger partial charge in [-0.05, 0) is 39.0 Å². The summed E-state index contributed by atoms with van der Waals surface area (Å²) >= 11 is 0. The molecule has 2 aromatic rings. The topological polar surface area (TPSA) is 85.2 Å². The van der Waals surface area contributed by atoms with E-state index in [4.69, 9.17) is 4.74 Å². The first-order valence-electron chi connectivity index (χ1n) is 7.23. The molecule has 0 aliphatic carbocycles. The number of aryl methyl sites for hydroxylation is 1. The van der Waals surface area contributed by atoms with Crippen LogP contribution in [0.15, 0.2) is 30.6 Å². The Kier molecular flexibility index (Phi) is 4.87. The summed E-state index contributed by atoms with van der Waals surface area (Å²) in [6, 6.07) is 3.85. The van der Waals surface area contributed by atoms with Crippen molar-refractivity contribution in [2.24, 2.45) is 7.05 Å². The fourth-order valence-corrected chi connectivity index (χ4v) is 1.85. The van der Waals surface area contributed by atoms with Crippen LogP contribution in [0.2, 0.25) is 0 Å². The number of rotatable bonds is 3. The minimum absolute atomic E-state index is 0.0896. The molecule has 2 N–H and O–H groups in total. The van der Waals surface area contributed by atoms with Gasteiger partial charge in [-0.3, -0.25) is 14.8 Å². The number of nitrogens with one attached hydrogen (secondary N) is 2. The maximum absolute atomic E-state index is 13.8. The average Bonchev–Trinajstić information content (AvgIpc) is 2.87. The predicted octanol–water partition coefficient (Wildman–Crippen LogP) is 3.16. The van der Waals surface area contributed by atoms with Crippen molar-refractivity contribution in [3.05, 3.63) is 42.0 Å². The van der Waals surface area contributed by atoms with Crippen LogP contribution in [0.4, 0.5) is 20.6 Å². The molecule has 128 valence electrons. The number of ether oxygens (including phenoxy) is 1. The molecule has 0 atom stereocenters. The Morgan fingerprint density at radius 3 is 2.54 bits per heavy atom. The third-order valence-electron chi connectivity index (χ3n) is 2.83. The largest absolute Gasteiger partial charge is 0.444 e. The molecule has 0 bridgehead atoms. The Balaban J connectivity index is 2.10. The van der Waals surface area contributed by atoms with Crippen LogP contribution in [0, 0.1) is 5.82 Å². The van der Waals surface area contributed by atoms with Gasteiger partial charge in [-0.15, -0.1) is 0 Å². The molecule has 8 heteroatoms. The standard InChI is InChI=1S/C16H19FN4O3/c1-16(2,3)24-15(23)20-13-7-11(5-6-12(13)17)19-14(22)10-8-18-21(4)9-10/h5-9H,1-4H3,(H,19,22)(H,20,23). The molecular formula is C16H19FN4O3. The van der Waals surface area contributed by atoms with Crippen molar-refractivity contribution in [2.75, 3.05) is 10.6 Å². The second-order valence-corrected chi connectivity index (χ2v) is 6.18. The number of halogens is 1. The molecule has 1 aromatic heterocycles. The normalized spacial score (nSPS) is 11.0. The van der Waals surface area contributed by atoms with Gasteiger partial charge in [-0.1, -0.05) is 0 Å². The van der Waals surface area contributed by atoms with Gasteiger partial charge in [-0.2, -0.15) is 5.10 Å². The van der Waals surface area contributed by atoms with Crippen molar-refractivity contribution in [2.45, 2.75) is 26.4 Å². The first-order chi connectivity index (χ1) is 11.1. The third kappa shape index (κ3) is 4.80. The summed E-state index contributed by atoms with van der Waals surface area (Å²) in [7, 11) is 1.69. The smallest absolute Gasteiger partial charge is 0.412 e. The summed E-state index contributed by atoms with van der Waals surface area (Å²) in [5.74, 6) is -1.03. The van der Waals surface area contributed by atoms with E-state index in [9.17, 15) is 14.0 Å². The van der Waals surface area contributed by atoms with E-state index in [0.717, 1.165) is 6.07 Å². The summed E-state index contributed by atoms with van der Waals surface area (Å²) in [6.45, 7) is 5.11. The SMILES string of the molecule is Cn1cc(C(=O)Nc2ccc(F)c(NC(=O)OC(C)(C)C)c2)cn1. The van der Waals surface area contributed by atoms with Gasteiger partial charge in [0, 0.05) is 18.9 Å². The molecule has 0 spiro atoms. The van der Waals surface area contributed by atoms with Crippen LogP contribution < -0.4 is 10.6 Å². The summed E-state index contributed by atoms with van der Waals surface area (Å²) in [4.78, 5) is 23.8. The number of aromatic nitrogens is 2. The Labute approximate surface area is 138 Å². The van der Waals surface area contributed by atoms with Gasteiger partial charge in [0.25, 0.3) is 5.91 Å². The van der Waals surface area contributed by atoms with Crippen molar-refractivity contribution >= 4 is 23.4 Å². The molecule has 1 heterocycles. The van der Waals surface area contributed by atoms with Crippen LogP contribution in [-0.4, -0.2) is 27.4 Å². The molecule has 7 nitrogen and oxygen atoms in total. The number of carbonyl (C=O) groups excluding carboxylic acids is 2. The van der Waals surface area contributed by atoms with E-state index in [1.165, 1.54) is 23.0 Å². The van der Waals surface area contributed by atoms with Crippen LogP contribution in [0.25, 0.3) is 0 Å². The minimum Gasteiger partial charge on any atom is -0.444 e. The van der Waals surface area contributed by atoms with Crippen LogP contribution in [0.3, 0.4) is 0 Å². The molecule has 0 radical (unpaired) electrons. The summed E-state index contributed by atoms with van der Waals surface area (Å²) < 4.78 is 20.4. The lowest BCUT2D eigenvalue weighted by Crippen LogP contribution is -2.27. The predicted molar refractivity (Wildman–Crippen MR) is 87.4 cm³/mol. The average molecular weight is 334 g/mol. The van der Waals surface area contributed by atoms with Gasteiger partial charge < -0.3 is 10.1 Å². The highest BCUT2D eigenvalue weighted by molar-refractivity contribution is 6.04. The van der Waals surface area contributed by atoms with Crippen LogP contribution >= 0.6 is 0 Å². The van der Waals surface area contributed by atoms with Crippen LogP contribution in [0.5, 0.6) is 0 Å². The summed E-state index contributed by atoms with van der Waals surface area (Å²) in [6.07, 6.45) is 2.19. The van der Waals surface area contributed by atoms with Crippen molar-refractivity contribution in [3.63, 3.8) is 0 Å². The van der Waals surface area contributed by atoms with Crippen LogP contribution in [-0.2, 0) is 11.8 Å². The summed E-state index contributed by atoms with van der Waals surface area (Å²) in [5, 5.41) is 8.84. The molecule has 2 rings (SSSR count). The molecule has 0 aliphatic rings. The highest BCUT2D eigenvalue weighted by Crippen LogP contribution is 2.21. The zero-order chi connectivity index (χ0) is 17.9. The van der Waals surface area contributed by atoms with Gasteiger partial charge in [0.2, 0.25) is 0 Å². The van der Waals surface area contributed by atoms with Gasteiger partial charge in [0.05, 0.1) is 17.4 Å². The summed E-state index contributed by atoms with van der Waals surface area (Å²) in [5.41, 5.74) is -0.0970. The molecule has 0 unspecified atom stereocenters. The molecule has 0 saturated carbocycles. The molecule has 0 saturated heterocycles. The first kappa shape index (κ1) is 17.5. The van der Waals surface area contributed by atoms with E-state index in [2.05, 4.69) is 15.7 Å². The number of amides is 2. The highest BCUT2D eigenvalue weighted by Gasteiger charge is 2.18. The van der Waals surface area contributed by atoms with Crippen molar-refractivity contribution in [1.82, 2.24) is 9.78 Å². The third-order valence-corrected chi connectivity index (χ3v) is 2.83. The molecule has 0 aliphatic heterocycles. The fraction of sp³-hybridized carbons (Fsp3) is 0.312. The number of hydrogen-bond acceptors (Lipinski definition) is 4. The molecule has 0 fully saturated rings. The maximum atomic E-state index is 13.8. The number of carbonyl (C=O) groups is 2. The van der Waals surface area contributed by atoms with E-state index >= 15 is 0 Å². The van der Waals surface area contributed by atoms with Gasteiger partial charge >= 0.3 is 6.09 Å². The van der Waals surface area contributed by atoms with Crippen molar-refractivity contribution in [1.29, 1.82) is 0 Å². The lowest BCUT2D eigenvalue weighted by atomic mass is 10.2. The monoisotopic (exact) mass is 334 g/mol. The number of anilines is 2. The number of nitrogens with zero attached hydrogens (tertiary/aromatic N) is 2. The lowest BCUT2D eigenvalue weighted by Gasteiger charge is -2.20.